The zero-order valence-corrected chi connectivity index (χ0v) is 13.8. The second kappa shape index (κ2) is 6.67. The minimum Gasteiger partial charge on any atom is -0.356 e. The minimum atomic E-state index is 0.555. The molecule has 1 aliphatic heterocycles. The number of aliphatic imine (C=N–C) groups is 1. The fourth-order valence-electron chi connectivity index (χ4n) is 3.88. The lowest BCUT2D eigenvalue weighted by Crippen LogP contribution is -2.42. The van der Waals surface area contributed by atoms with Gasteiger partial charge in [0, 0.05) is 33.1 Å². The third-order valence-electron chi connectivity index (χ3n) is 5.06. The number of nitrogens with zero attached hydrogens (tertiary/aromatic N) is 4. The Labute approximate surface area is 132 Å². The van der Waals surface area contributed by atoms with Gasteiger partial charge < -0.3 is 14.7 Å². The topological polar surface area (TPSA) is 66.5 Å². The van der Waals surface area contributed by atoms with Crippen molar-refractivity contribution < 1.29 is 4.52 Å². The number of hydrogen-bond donors (Lipinski definition) is 1. The molecule has 1 aromatic heterocycles. The number of likely N-dealkylation sites (tertiary alicyclic amines) is 1. The van der Waals surface area contributed by atoms with E-state index in [2.05, 4.69) is 25.3 Å². The van der Waals surface area contributed by atoms with E-state index in [4.69, 9.17) is 4.52 Å². The molecule has 0 unspecified atom stereocenters. The Hall–Kier alpha value is -1.59. The van der Waals surface area contributed by atoms with Gasteiger partial charge in [-0.2, -0.15) is 4.98 Å². The van der Waals surface area contributed by atoms with Crippen LogP contribution in [0.5, 0.6) is 0 Å². The molecule has 122 valence electrons. The molecule has 1 aromatic rings. The molecule has 3 rings (SSSR count). The highest BCUT2D eigenvalue weighted by atomic mass is 16.5. The van der Waals surface area contributed by atoms with Crippen molar-refractivity contribution in [1.29, 1.82) is 0 Å². The van der Waals surface area contributed by atoms with E-state index in [0.29, 0.717) is 17.1 Å². The van der Waals surface area contributed by atoms with Gasteiger partial charge in [0.15, 0.2) is 11.8 Å². The van der Waals surface area contributed by atoms with E-state index >= 15 is 0 Å². The maximum atomic E-state index is 5.14. The van der Waals surface area contributed by atoms with Crippen molar-refractivity contribution in [3.8, 4) is 0 Å². The van der Waals surface area contributed by atoms with Gasteiger partial charge in [0.25, 0.3) is 0 Å². The predicted molar refractivity (Wildman–Crippen MR) is 85.8 cm³/mol. The quantitative estimate of drug-likeness (QED) is 0.684. The fraction of sp³-hybridized carbons (Fsp3) is 0.812. The summed E-state index contributed by atoms with van der Waals surface area (Å²) in [5.41, 5.74) is 0.555. The average molecular weight is 305 g/mol. The van der Waals surface area contributed by atoms with E-state index in [-0.39, 0.29) is 0 Å². The van der Waals surface area contributed by atoms with Gasteiger partial charge in [-0.05, 0) is 31.6 Å². The first-order valence-electron chi connectivity index (χ1n) is 8.46. The van der Waals surface area contributed by atoms with Crippen LogP contribution in [0.3, 0.4) is 0 Å². The molecule has 1 saturated heterocycles. The summed E-state index contributed by atoms with van der Waals surface area (Å²) in [6, 6.07) is 0. The SMILES string of the molecule is CN=C(NCCc1nc(C)no1)N1CCC2(CCCCC2)C1. The van der Waals surface area contributed by atoms with Crippen LogP contribution < -0.4 is 5.32 Å². The van der Waals surface area contributed by atoms with Crippen LogP contribution in [0.1, 0.15) is 50.2 Å². The maximum Gasteiger partial charge on any atom is 0.228 e. The van der Waals surface area contributed by atoms with Crippen molar-refractivity contribution in [2.45, 2.75) is 51.9 Å². The minimum absolute atomic E-state index is 0.555. The lowest BCUT2D eigenvalue weighted by Gasteiger charge is -2.33. The zero-order valence-electron chi connectivity index (χ0n) is 13.8. The Morgan fingerprint density at radius 2 is 2.14 bits per heavy atom. The summed E-state index contributed by atoms with van der Waals surface area (Å²) in [4.78, 5) is 11.1. The largest absolute Gasteiger partial charge is 0.356 e. The second-order valence-corrected chi connectivity index (χ2v) is 6.69. The second-order valence-electron chi connectivity index (χ2n) is 6.69. The Morgan fingerprint density at radius 1 is 1.32 bits per heavy atom. The van der Waals surface area contributed by atoms with Crippen molar-refractivity contribution in [3.63, 3.8) is 0 Å². The van der Waals surface area contributed by atoms with E-state index in [1.165, 1.54) is 38.5 Å². The van der Waals surface area contributed by atoms with Gasteiger partial charge in [-0.1, -0.05) is 24.4 Å². The lowest BCUT2D eigenvalue weighted by atomic mass is 9.73. The highest BCUT2D eigenvalue weighted by molar-refractivity contribution is 5.80. The van der Waals surface area contributed by atoms with Crippen LogP contribution in [0.2, 0.25) is 0 Å². The third kappa shape index (κ3) is 3.42. The first-order chi connectivity index (χ1) is 10.7. The highest BCUT2D eigenvalue weighted by Gasteiger charge is 2.39. The van der Waals surface area contributed by atoms with Crippen LogP contribution in [0.25, 0.3) is 0 Å². The Balaban J connectivity index is 1.49. The molecular formula is C16H27N5O. The molecule has 2 fully saturated rings. The van der Waals surface area contributed by atoms with Crippen LogP contribution in [0, 0.1) is 12.3 Å². The normalized spacial score (nSPS) is 21.5. The highest BCUT2D eigenvalue weighted by Crippen LogP contribution is 2.43. The predicted octanol–water partition coefficient (Wildman–Crippen LogP) is 2.15. The molecule has 1 saturated carbocycles. The number of nitrogens with one attached hydrogen (secondary N) is 1. The lowest BCUT2D eigenvalue weighted by molar-refractivity contribution is 0.203. The molecule has 0 bridgehead atoms. The molecule has 2 heterocycles. The molecule has 2 aliphatic rings. The number of aromatic nitrogens is 2. The van der Waals surface area contributed by atoms with Gasteiger partial charge in [-0.25, -0.2) is 0 Å². The van der Waals surface area contributed by atoms with Gasteiger partial charge in [-0.15, -0.1) is 0 Å². The van der Waals surface area contributed by atoms with Crippen molar-refractivity contribution in [1.82, 2.24) is 20.4 Å². The number of hydrogen-bond acceptors (Lipinski definition) is 4. The van der Waals surface area contributed by atoms with Crippen LogP contribution in [0.4, 0.5) is 0 Å². The monoisotopic (exact) mass is 305 g/mol. The van der Waals surface area contributed by atoms with Crippen LogP contribution in [-0.4, -0.2) is 47.7 Å². The summed E-state index contributed by atoms with van der Waals surface area (Å²) in [6.45, 7) is 4.90. The van der Waals surface area contributed by atoms with Crippen molar-refractivity contribution in [3.05, 3.63) is 11.7 Å². The smallest absolute Gasteiger partial charge is 0.228 e. The molecule has 0 aromatic carbocycles. The van der Waals surface area contributed by atoms with Crippen molar-refractivity contribution in [2.24, 2.45) is 10.4 Å². The van der Waals surface area contributed by atoms with E-state index in [9.17, 15) is 0 Å². The Kier molecular flexibility index (Phi) is 4.64. The molecule has 0 amide bonds. The summed E-state index contributed by atoms with van der Waals surface area (Å²) in [6.07, 6.45) is 9.05. The summed E-state index contributed by atoms with van der Waals surface area (Å²) in [5.74, 6) is 2.39. The number of guanidine groups is 1. The first kappa shape index (κ1) is 15.3. The molecule has 0 radical (unpaired) electrons. The van der Waals surface area contributed by atoms with Crippen LogP contribution in [-0.2, 0) is 6.42 Å². The van der Waals surface area contributed by atoms with E-state index in [1.807, 2.05) is 14.0 Å². The van der Waals surface area contributed by atoms with E-state index < -0.39 is 0 Å². The number of aryl methyl sites for hydroxylation is 1. The van der Waals surface area contributed by atoms with Gasteiger partial charge >= 0.3 is 0 Å². The summed E-state index contributed by atoms with van der Waals surface area (Å²) < 4.78 is 5.14. The van der Waals surface area contributed by atoms with Gasteiger partial charge in [-0.3, -0.25) is 4.99 Å². The zero-order chi connectivity index (χ0) is 15.4. The average Bonchev–Trinajstić information content (AvgIpc) is 3.12. The fourth-order valence-corrected chi connectivity index (χ4v) is 3.88. The Morgan fingerprint density at radius 3 is 2.82 bits per heavy atom. The summed E-state index contributed by atoms with van der Waals surface area (Å²) in [7, 11) is 1.87. The summed E-state index contributed by atoms with van der Waals surface area (Å²) in [5, 5.41) is 7.25. The molecule has 1 N–H and O–H groups in total. The molecule has 6 nitrogen and oxygen atoms in total. The van der Waals surface area contributed by atoms with Crippen LogP contribution >= 0.6 is 0 Å². The third-order valence-corrected chi connectivity index (χ3v) is 5.06. The number of rotatable bonds is 3. The molecule has 0 atom stereocenters. The molecule has 6 heteroatoms. The Bertz CT molecular complexity index is 518. The van der Waals surface area contributed by atoms with E-state index in [1.54, 1.807) is 0 Å². The summed E-state index contributed by atoms with van der Waals surface area (Å²) >= 11 is 0. The molecule has 22 heavy (non-hydrogen) atoms. The van der Waals surface area contributed by atoms with Gasteiger partial charge in [0.2, 0.25) is 5.89 Å². The van der Waals surface area contributed by atoms with Gasteiger partial charge in [0.1, 0.15) is 0 Å². The molecular weight excluding hydrogens is 278 g/mol. The van der Waals surface area contributed by atoms with Gasteiger partial charge in [0.05, 0.1) is 0 Å². The standard InChI is InChI=1S/C16H27N5O/c1-13-19-14(22-20-13)6-10-18-15(17-2)21-11-9-16(12-21)7-4-3-5-8-16/h3-12H2,1-2H3,(H,17,18). The molecule has 1 spiro atoms. The molecule has 1 aliphatic carbocycles. The van der Waals surface area contributed by atoms with E-state index in [0.717, 1.165) is 32.0 Å². The maximum absolute atomic E-state index is 5.14. The van der Waals surface area contributed by atoms with Crippen molar-refractivity contribution in [2.75, 3.05) is 26.7 Å². The first-order valence-corrected chi connectivity index (χ1v) is 8.46. The van der Waals surface area contributed by atoms with Crippen LogP contribution in [0.15, 0.2) is 9.52 Å². The van der Waals surface area contributed by atoms with Crippen molar-refractivity contribution >= 4 is 5.96 Å².